The maximum Gasteiger partial charge on any atom is 0.269 e. The van der Waals surface area contributed by atoms with E-state index in [-0.39, 0.29) is 22.9 Å². The lowest BCUT2D eigenvalue weighted by Crippen LogP contribution is -2.31. The van der Waals surface area contributed by atoms with Crippen LogP contribution in [0.15, 0.2) is 83.4 Å². The van der Waals surface area contributed by atoms with Gasteiger partial charge in [0, 0.05) is 15.7 Å². The van der Waals surface area contributed by atoms with E-state index in [0.717, 1.165) is 11.8 Å². The molecule has 0 radical (unpaired) electrons. The number of nitriles is 1. The van der Waals surface area contributed by atoms with Gasteiger partial charge in [0.05, 0.1) is 16.0 Å². The van der Waals surface area contributed by atoms with Gasteiger partial charge in [-0.15, -0.1) is 0 Å². The largest absolute Gasteiger partial charge is 0.320 e. The van der Waals surface area contributed by atoms with Crippen LogP contribution in [0.5, 0.6) is 0 Å². The summed E-state index contributed by atoms with van der Waals surface area (Å²) in [6, 6.07) is 22.6. The zero-order valence-corrected chi connectivity index (χ0v) is 20.6. The summed E-state index contributed by atoms with van der Waals surface area (Å²) in [7, 11) is 0. The van der Waals surface area contributed by atoms with E-state index in [1.54, 1.807) is 66.7 Å². The van der Waals surface area contributed by atoms with E-state index in [0.29, 0.717) is 32.0 Å². The fourth-order valence-electron chi connectivity index (χ4n) is 3.45. The van der Waals surface area contributed by atoms with Crippen molar-refractivity contribution in [1.82, 2.24) is 0 Å². The van der Waals surface area contributed by atoms with E-state index < -0.39 is 11.2 Å². The van der Waals surface area contributed by atoms with Gasteiger partial charge in [0.1, 0.15) is 16.7 Å². The molecule has 9 heteroatoms. The number of amides is 2. The number of carbonyl (C=O) groups is 2. The van der Waals surface area contributed by atoms with E-state index in [1.807, 2.05) is 12.1 Å². The minimum Gasteiger partial charge on any atom is -0.320 e. The Morgan fingerprint density at radius 1 is 1.00 bits per heavy atom. The summed E-state index contributed by atoms with van der Waals surface area (Å²) >= 11 is 19.7. The lowest BCUT2D eigenvalue weighted by atomic mass is 10.1. The van der Waals surface area contributed by atoms with Crippen LogP contribution in [0.25, 0.3) is 0 Å². The minimum absolute atomic E-state index is 0.193. The summed E-state index contributed by atoms with van der Waals surface area (Å²) in [6.07, 6.45) is 0.278. The Balaban J connectivity index is 1.74. The van der Waals surface area contributed by atoms with Crippen molar-refractivity contribution in [2.24, 2.45) is 0 Å². The topological polar surface area (TPSA) is 73.2 Å². The quantitative estimate of drug-likeness (QED) is 0.295. The van der Waals surface area contributed by atoms with Crippen LogP contribution in [-0.2, 0) is 16.0 Å². The maximum absolute atomic E-state index is 13.5. The molecule has 1 saturated heterocycles. The number of thioether (sulfide) groups is 1. The first-order valence-corrected chi connectivity index (χ1v) is 12.1. The molecule has 1 unspecified atom stereocenters. The predicted octanol–water partition coefficient (Wildman–Crippen LogP) is 6.71. The molecule has 0 aliphatic carbocycles. The van der Waals surface area contributed by atoms with Crippen LogP contribution in [0.1, 0.15) is 5.56 Å². The normalized spacial score (nSPS) is 16.8. The Morgan fingerprint density at radius 2 is 1.71 bits per heavy atom. The number of hydrogen-bond donors (Lipinski definition) is 1. The van der Waals surface area contributed by atoms with Crippen molar-refractivity contribution < 1.29 is 9.59 Å². The number of carbonyl (C=O) groups excluding carboxylic acids is 2. The van der Waals surface area contributed by atoms with Gasteiger partial charge in [0.15, 0.2) is 0 Å². The first-order chi connectivity index (χ1) is 16.4. The number of rotatable bonds is 5. The first kappa shape index (κ1) is 24.2. The van der Waals surface area contributed by atoms with Crippen LogP contribution in [0.2, 0.25) is 15.1 Å². The summed E-state index contributed by atoms with van der Waals surface area (Å²) in [5, 5.41) is 13.5. The third-order valence-corrected chi connectivity index (χ3v) is 7.25. The van der Waals surface area contributed by atoms with Crippen molar-refractivity contribution in [2.45, 2.75) is 11.7 Å². The SMILES string of the molecule is N#C/C(C(=O)Nc1ccccc1Cl)=C1/SC(Cc2cc(Cl)ccc2Cl)C(=O)N1c1ccccc1. The first-order valence-electron chi connectivity index (χ1n) is 10.1. The highest BCUT2D eigenvalue weighted by atomic mass is 35.5. The van der Waals surface area contributed by atoms with Gasteiger partial charge in [0.2, 0.25) is 5.91 Å². The van der Waals surface area contributed by atoms with Crippen LogP contribution in [0, 0.1) is 11.3 Å². The van der Waals surface area contributed by atoms with Gasteiger partial charge in [-0.2, -0.15) is 5.26 Å². The highest BCUT2D eigenvalue weighted by Crippen LogP contribution is 2.42. The van der Waals surface area contributed by atoms with E-state index >= 15 is 0 Å². The molecule has 3 aromatic rings. The Morgan fingerprint density at radius 3 is 2.41 bits per heavy atom. The van der Waals surface area contributed by atoms with E-state index in [4.69, 9.17) is 34.8 Å². The van der Waals surface area contributed by atoms with E-state index in [9.17, 15) is 14.9 Å². The third-order valence-electron chi connectivity index (χ3n) is 5.06. The lowest BCUT2D eigenvalue weighted by molar-refractivity contribution is -0.117. The fraction of sp³-hybridized carbons (Fsp3) is 0.0800. The molecule has 4 rings (SSSR count). The number of nitrogens with zero attached hydrogens (tertiary/aromatic N) is 2. The Hall–Kier alpha value is -2.95. The molecule has 0 spiro atoms. The van der Waals surface area contributed by atoms with Crippen molar-refractivity contribution in [3.05, 3.63) is 104 Å². The number of anilines is 2. The van der Waals surface area contributed by atoms with Gasteiger partial charge in [0.25, 0.3) is 5.91 Å². The molecule has 1 N–H and O–H groups in total. The monoisotopic (exact) mass is 527 g/mol. The standard InChI is InChI=1S/C25H16Cl3N3O2S/c26-16-10-11-19(27)15(12-16)13-22-24(33)31(17-6-2-1-3-7-17)25(34-22)18(14-29)23(32)30-21-9-5-4-8-20(21)28/h1-12,22H,13H2,(H,30,32)/b25-18-. The summed E-state index contributed by atoms with van der Waals surface area (Å²) in [4.78, 5) is 28.0. The average Bonchev–Trinajstić information content (AvgIpc) is 3.14. The van der Waals surface area contributed by atoms with E-state index in [2.05, 4.69) is 5.32 Å². The molecule has 3 aromatic carbocycles. The van der Waals surface area contributed by atoms with Crippen molar-refractivity contribution in [3.63, 3.8) is 0 Å². The highest BCUT2D eigenvalue weighted by Gasteiger charge is 2.41. The lowest BCUT2D eigenvalue weighted by Gasteiger charge is -2.18. The van der Waals surface area contributed by atoms with Crippen molar-refractivity contribution in [1.29, 1.82) is 5.26 Å². The molecule has 170 valence electrons. The van der Waals surface area contributed by atoms with Crippen molar-refractivity contribution >= 4 is 69.8 Å². The second kappa shape index (κ2) is 10.5. The minimum atomic E-state index is -0.659. The zero-order chi connectivity index (χ0) is 24.2. The molecule has 1 fully saturated rings. The molecule has 0 saturated carbocycles. The number of hydrogen-bond acceptors (Lipinski definition) is 4. The predicted molar refractivity (Wildman–Crippen MR) is 138 cm³/mol. The Bertz CT molecular complexity index is 1340. The van der Waals surface area contributed by atoms with Crippen LogP contribution in [-0.4, -0.2) is 17.1 Å². The summed E-state index contributed by atoms with van der Waals surface area (Å²) in [5.74, 6) is -0.922. The summed E-state index contributed by atoms with van der Waals surface area (Å²) in [6.45, 7) is 0. The molecular formula is C25H16Cl3N3O2S. The second-order valence-electron chi connectivity index (χ2n) is 7.28. The van der Waals surface area contributed by atoms with Gasteiger partial charge >= 0.3 is 0 Å². The van der Waals surface area contributed by atoms with Gasteiger partial charge in [-0.3, -0.25) is 14.5 Å². The molecule has 2 amide bonds. The van der Waals surface area contributed by atoms with Crippen LogP contribution < -0.4 is 10.2 Å². The Labute approximate surface area is 215 Å². The summed E-state index contributed by atoms with van der Waals surface area (Å²) < 4.78 is 0. The van der Waals surface area contributed by atoms with Crippen molar-refractivity contribution in [2.75, 3.05) is 10.2 Å². The molecule has 0 bridgehead atoms. The highest BCUT2D eigenvalue weighted by molar-refractivity contribution is 8.05. The number of halogens is 3. The number of benzene rings is 3. The third kappa shape index (κ3) is 5.08. The Kier molecular flexibility index (Phi) is 7.50. The second-order valence-corrected chi connectivity index (χ2v) is 9.72. The maximum atomic E-state index is 13.5. The average molecular weight is 529 g/mol. The van der Waals surface area contributed by atoms with Gasteiger partial charge in [-0.1, -0.05) is 76.9 Å². The molecule has 1 aliphatic heterocycles. The number of nitrogens with one attached hydrogen (secondary N) is 1. The van der Waals surface area contributed by atoms with Crippen LogP contribution >= 0.6 is 46.6 Å². The van der Waals surface area contributed by atoms with Gasteiger partial charge in [-0.25, -0.2) is 0 Å². The summed E-state index contributed by atoms with van der Waals surface area (Å²) in [5.41, 5.74) is 1.42. The van der Waals surface area contributed by atoms with Crippen LogP contribution in [0.3, 0.4) is 0 Å². The smallest absolute Gasteiger partial charge is 0.269 e. The molecule has 1 aliphatic rings. The van der Waals surface area contributed by atoms with E-state index in [1.165, 1.54) is 4.90 Å². The molecular weight excluding hydrogens is 513 g/mol. The van der Waals surface area contributed by atoms with Crippen molar-refractivity contribution in [3.8, 4) is 6.07 Å². The molecule has 34 heavy (non-hydrogen) atoms. The zero-order valence-electron chi connectivity index (χ0n) is 17.5. The molecule has 1 heterocycles. The fourth-order valence-corrected chi connectivity index (χ4v) is 5.31. The molecule has 1 atom stereocenters. The molecule has 5 nitrogen and oxygen atoms in total. The van der Waals surface area contributed by atoms with Crippen LogP contribution in [0.4, 0.5) is 11.4 Å². The van der Waals surface area contributed by atoms with Gasteiger partial charge < -0.3 is 5.32 Å². The van der Waals surface area contributed by atoms with Gasteiger partial charge in [-0.05, 0) is 54.4 Å². The number of para-hydroxylation sites is 2. The molecule has 0 aromatic heterocycles.